The zero-order valence-electron chi connectivity index (χ0n) is 12.3. The molecule has 0 aliphatic carbocycles. The maximum atomic E-state index is 14.2. The molecule has 0 radical (unpaired) electrons. The van der Waals surface area contributed by atoms with Crippen molar-refractivity contribution in [3.05, 3.63) is 70.8 Å². The van der Waals surface area contributed by atoms with E-state index in [-0.39, 0.29) is 24.2 Å². The summed E-state index contributed by atoms with van der Waals surface area (Å²) in [6.07, 6.45) is 0. The van der Waals surface area contributed by atoms with E-state index in [1.54, 1.807) is 36.4 Å². The van der Waals surface area contributed by atoms with E-state index < -0.39 is 0 Å². The quantitative estimate of drug-likeness (QED) is 0.911. The fraction of sp³-hybridized carbons (Fsp3) is 0.294. The van der Waals surface area contributed by atoms with Crippen LogP contribution in [-0.2, 0) is 13.1 Å². The molecule has 2 aromatic rings. The van der Waals surface area contributed by atoms with E-state index in [1.165, 1.54) is 6.07 Å². The van der Waals surface area contributed by atoms with E-state index in [0.29, 0.717) is 23.2 Å². The summed E-state index contributed by atoms with van der Waals surface area (Å²) in [6.45, 7) is 2.48. The number of hydrogen-bond acceptors (Lipinski definition) is 2. The smallest absolute Gasteiger partial charge is 0.132 e. The van der Waals surface area contributed by atoms with Crippen molar-refractivity contribution in [1.29, 1.82) is 0 Å². The number of nitrogens with zero attached hydrogens (tertiary/aromatic N) is 1. The minimum atomic E-state index is -0.271. The standard InChI is InChI=1S/C17H20F2N2/c1-12(15-8-3-4-9-16(15)18)21(2)11-14-7-5-6-13(10-20)17(14)19/h3-9,12H,10-11,20H2,1-2H3. The van der Waals surface area contributed by atoms with E-state index in [1.807, 2.05) is 18.9 Å². The van der Waals surface area contributed by atoms with Crippen LogP contribution in [0.15, 0.2) is 42.5 Å². The Morgan fingerprint density at radius 2 is 1.71 bits per heavy atom. The van der Waals surface area contributed by atoms with Crippen LogP contribution >= 0.6 is 0 Å². The summed E-state index contributed by atoms with van der Waals surface area (Å²) in [7, 11) is 1.85. The molecule has 2 N–H and O–H groups in total. The fourth-order valence-electron chi connectivity index (χ4n) is 2.37. The van der Waals surface area contributed by atoms with Gasteiger partial charge in [-0.05, 0) is 20.0 Å². The fourth-order valence-corrected chi connectivity index (χ4v) is 2.37. The molecule has 0 saturated carbocycles. The second-order valence-corrected chi connectivity index (χ2v) is 5.21. The van der Waals surface area contributed by atoms with Crippen molar-refractivity contribution in [2.75, 3.05) is 7.05 Å². The lowest BCUT2D eigenvalue weighted by Crippen LogP contribution is -2.23. The number of halogens is 2. The molecule has 0 fully saturated rings. The molecule has 0 saturated heterocycles. The number of rotatable bonds is 5. The lowest BCUT2D eigenvalue weighted by molar-refractivity contribution is 0.244. The third-order valence-corrected chi connectivity index (χ3v) is 3.81. The van der Waals surface area contributed by atoms with Gasteiger partial charge in [0.15, 0.2) is 0 Å². The first-order chi connectivity index (χ1) is 10.0. The largest absolute Gasteiger partial charge is 0.326 e. The Morgan fingerprint density at radius 1 is 1.05 bits per heavy atom. The summed E-state index contributed by atoms with van der Waals surface area (Å²) in [6, 6.07) is 11.7. The first-order valence-corrected chi connectivity index (χ1v) is 6.95. The molecule has 0 amide bonds. The average Bonchev–Trinajstić information content (AvgIpc) is 2.49. The molecule has 0 aromatic heterocycles. The third kappa shape index (κ3) is 3.46. The maximum Gasteiger partial charge on any atom is 0.132 e. The van der Waals surface area contributed by atoms with Gasteiger partial charge >= 0.3 is 0 Å². The normalized spacial score (nSPS) is 12.7. The van der Waals surface area contributed by atoms with Gasteiger partial charge in [-0.25, -0.2) is 8.78 Å². The Balaban J connectivity index is 2.18. The van der Waals surface area contributed by atoms with Crippen LogP contribution in [-0.4, -0.2) is 11.9 Å². The van der Waals surface area contributed by atoms with E-state index in [4.69, 9.17) is 5.73 Å². The lowest BCUT2D eigenvalue weighted by Gasteiger charge is -2.26. The van der Waals surface area contributed by atoms with E-state index in [9.17, 15) is 8.78 Å². The summed E-state index contributed by atoms with van der Waals surface area (Å²) < 4.78 is 28.0. The molecule has 1 unspecified atom stereocenters. The number of benzene rings is 2. The monoisotopic (exact) mass is 290 g/mol. The molecule has 21 heavy (non-hydrogen) atoms. The molecular weight excluding hydrogens is 270 g/mol. The molecule has 2 aromatic carbocycles. The molecular formula is C17H20F2N2. The molecule has 112 valence electrons. The highest BCUT2D eigenvalue weighted by atomic mass is 19.1. The van der Waals surface area contributed by atoms with E-state index in [2.05, 4.69) is 0 Å². The van der Waals surface area contributed by atoms with Crippen molar-refractivity contribution in [2.24, 2.45) is 5.73 Å². The Kier molecular flexibility index (Phi) is 5.04. The summed E-state index contributed by atoms with van der Waals surface area (Å²) >= 11 is 0. The van der Waals surface area contributed by atoms with Crippen LogP contribution in [0.3, 0.4) is 0 Å². The second kappa shape index (κ2) is 6.78. The van der Waals surface area contributed by atoms with Gasteiger partial charge in [-0.3, -0.25) is 4.90 Å². The molecule has 0 aliphatic rings. The van der Waals surface area contributed by atoms with Crippen molar-refractivity contribution in [3.63, 3.8) is 0 Å². The molecule has 0 heterocycles. The summed E-state index contributed by atoms with van der Waals surface area (Å²) in [4.78, 5) is 1.91. The van der Waals surface area contributed by atoms with Gasteiger partial charge in [0.2, 0.25) is 0 Å². The highest BCUT2D eigenvalue weighted by molar-refractivity contribution is 5.26. The summed E-state index contributed by atoms with van der Waals surface area (Å²) in [5, 5.41) is 0. The Morgan fingerprint density at radius 3 is 2.38 bits per heavy atom. The Hall–Kier alpha value is -1.78. The highest BCUT2D eigenvalue weighted by Gasteiger charge is 2.17. The lowest BCUT2D eigenvalue weighted by atomic mass is 10.0. The van der Waals surface area contributed by atoms with Crippen LogP contribution in [0.5, 0.6) is 0 Å². The minimum Gasteiger partial charge on any atom is -0.326 e. The molecule has 4 heteroatoms. The maximum absolute atomic E-state index is 14.2. The zero-order chi connectivity index (χ0) is 15.4. The first-order valence-electron chi connectivity index (χ1n) is 6.95. The van der Waals surface area contributed by atoms with E-state index >= 15 is 0 Å². The third-order valence-electron chi connectivity index (χ3n) is 3.81. The van der Waals surface area contributed by atoms with Crippen molar-refractivity contribution in [3.8, 4) is 0 Å². The van der Waals surface area contributed by atoms with Crippen LogP contribution in [0.4, 0.5) is 8.78 Å². The van der Waals surface area contributed by atoms with E-state index in [0.717, 1.165) is 0 Å². The molecule has 0 spiro atoms. The van der Waals surface area contributed by atoms with Crippen molar-refractivity contribution < 1.29 is 8.78 Å². The van der Waals surface area contributed by atoms with Gasteiger partial charge in [0, 0.05) is 35.8 Å². The number of nitrogens with two attached hydrogens (primary N) is 1. The minimum absolute atomic E-state index is 0.146. The average molecular weight is 290 g/mol. The van der Waals surface area contributed by atoms with Gasteiger partial charge in [-0.2, -0.15) is 0 Å². The van der Waals surface area contributed by atoms with Crippen molar-refractivity contribution in [2.45, 2.75) is 26.1 Å². The van der Waals surface area contributed by atoms with Gasteiger partial charge < -0.3 is 5.73 Å². The van der Waals surface area contributed by atoms with Crippen LogP contribution < -0.4 is 5.73 Å². The predicted octanol–water partition coefficient (Wildman–Crippen LogP) is 3.62. The summed E-state index contributed by atoms with van der Waals surface area (Å²) in [5.74, 6) is -0.513. The van der Waals surface area contributed by atoms with Crippen LogP contribution in [0.25, 0.3) is 0 Å². The van der Waals surface area contributed by atoms with Gasteiger partial charge in [-0.1, -0.05) is 36.4 Å². The molecule has 0 bridgehead atoms. The van der Waals surface area contributed by atoms with Gasteiger partial charge in [0.25, 0.3) is 0 Å². The zero-order valence-corrected chi connectivity index (χ0v) is 12.3. The molecule has 1 atom stereocenters. The second-order valence-electron chi connectivity index (χ2n) is 5.21. The SMILES string of the molecule is CC(c1ccccc1F)N(C)Cc1cccc(CN)c1F. The topological polar surface area (TPSA) is 29.3 Å². The highest BCUT2D eigenvalue weighted by Crippen LogP contribution is 2.24. The number of hydrogen-bond donors (Lipinski definition) is 1. The Labute approximate surface area is 124 Å². The Bertz CT molecular complexity index is 613. The van der Waals surface area contributed by atoms with Gasteiger partial charge in [0.1, 0.15) is 11.6 Å². The van der Waals surface area contributed by atoms with Crippen LogP contribution in [0.1, 0.15) is 29.7 Å². The van der Waals surface area contributed by atoms with Crippen LogP contribution in [0, 0.1) is 11.6 Å². The summed E-state index contributed by atoms with van der Waals surface area (Å²) in [5.41, 5.74) is 7.20. The molecule has 2 nitrogen and oxygen atoms in total. The first kappa shape index (κ1) is 15.6. The molecule has 0 aliphatic heterocycles. The van der Waals surface area contributed by atoms with Crippen LogP contribution in [0.2, 0.25) is 0 Å². The van der Waals surface area contributed by atoms with Gasteiger partial charge in [0.05, 0.1) is 0 Å². The van der Waals surface area contributed by atoms with Crippen molar-refractivity contribution in [1.82, 2.24) is 4.90 Å². The van der Waals surface area contributed by atoms with Crippen molar-refractivity contribution >= 4 is 0 Å². The van der Waals surface area contributed by atoms with Gasteiger partial charge in [-0.15, -0.1) is 0 Å². The molecule has 2 rings (SSSR count). The predicted molar refractivity (Wildman–Crippen MR) is 80.6 cm³/mol.